The Kier molecular flexibility index (Phi) is 6.43. The van der Waals surface area contributed by atoms with E-state index in [1.54, 1.807) is 6.92 Å². The Bertz CT molecular complexity index is 416. The lowest BCUT2D eigenvalue weighted by atomic mass is 10.0. The van der Waals surface area contributed by atoms with Crippen LogP contribution in [0.5, 0.6) is 11.5 Å². The molecule has 1 rings (SSSR count). The molecule has 0 aliphatic carbocycles. The van der Waals surface area contributed by atoms with E-state index >= 15 is 0 Å². The number of hydrogen-bond acceptors (Lipinski definition) is 5. The number of alkyl halides is 1. The summed E-state index contributed by atoms with van der Waals surface area (Å²) in [6.45, 7) is 1.58. The van der Waals surface area contributed by atoms with Crippen LogP contribution in [-0.2, 0) is 9.53 Å². The molecular weight excluding hydrogens is 265 g/mol. The summed E-state index contributed by atoms with van der Waals surface area (Å²) in [4.78, 5) is 11.1. The van der Waals surface area contributed by atoms with Gasteiger partial charge in [0, 0.05) is 5.56 Å². The van der Waals surface area contributed by atoms with E-state index in [4.69, 9.17) is 5.73 Å². The number of aromatic hydroxyl groups is 2. The maximum absolute atomic E-state index is 13.6. The summed E-state index contributed by atoms with van der Waals surface area (Å²) >= 11 is 0. The molecular formula is C11H15ClFNO4. The first-order chi connectivity index (χ1) is 7.99. The quantitative estimate of drug-likeness (QED) is 0.572. The minimum Gasteiger partial charge on any atom is -0.504 e. The minimum atomic E-state index is -2.09. The van der Waals surface area contributed by atoms with Crippen molar-refractivity contribution in [1.29, 1.82) is 0 Å². The normalized spacial score (nSPS) is 13.3. The van der Waals surface area contributed by atoms with E-state index in [0.29, 0.717) is 0 Å². The Balaban J connectivity index is 0.00000289. The predicted molar refractivity (Wildman–Crippen MR) is 65.5 cm³/mol. The summed E-state index contributed by atoms with van der Waals surface area (Å²) in [7, 11) is 0. The number of para-hydroxylation sites is 1. The van der Waals surface area contributed by atoms with Crippen LogP contribution in [0.1, 0.15) is 18.5 Å². The molecule has 0 aliphatic heterocycles. The van der Waals surface area contributed by atoms with Crippen LogP contribution in [0.2, 0.25) is 0 Å². The molecule has 102 valence electrons. The molecule has 7 heteroatoms. The van der Waals surface area contributed by atoms with Gasteiger partial charge in [-0.25, -0.2) is 9.18 Å². The van der Waals surface area contributed by atoms with E-state index in [1.165, 1.54) is 18.2 Å². The maximum Gasteiger partial charge on any atom is 0.342 e. The molecule has 1 aromatic carbocycles. The topological polar surface area (TPSA) is 92.8 Å². The smallest absolute Gasteiger partial charge is 0.342 e. The molecule has 1 aromatic rings. The first kappa shape index (κ1) is 16.5. The first-order valence-corrected chi connectivity index (χ1v) is 5.06. The zero-order valence-corrected chi connectivity index (χ0v) is 10.5. The first-order valence-electron chi connectivity index (χ1n) is 5.06. The van der Waals surface area contributed by atoms with Crippen LogP contribution in [0.3, 0.4) is 0 Å². The SMILES string of the molecule is CCOC(=O)C(F)[C@H](N)c1cccc(O)c1O.Cl. The van der Waals surface area contributed by atoms with Gasteiger partial charge in [0.2, 0.25) is 6.17 Å². The Labute approximate surface area is 110 Å². The zero-order chi connectivity index (χ0) is 13.0. The molecule has 5 nitrogen and oxygen atoms in total. The Hall–Kier alpha value is -1.53. The second-order valence-corrected chi connectivity index (χ2v) is 3.39. The molecule has 0 spiro atoms. The van der Waals surface area contributed by atoms with Crippen molar-refractivity contribution in [3.8, 4) is 11.5 Å². The molecule has 0 saturated heterocycles. The summed E-state index contributed by atoms with van der Waals surface area (Å²) in [5.41, 5.74) is 5.44. The van der Waals surface area contributed by atoms with Gasteiger partial charge >= 0.3 is 5.97 Å². The van der Waals surface area contributed by atoms with E-state index in [1.807, 2.05) is 0 Å². The molecule has 0 bridgehead atoms. The summed E-state index contributed by atoms with van der Waals surface area (Å²) in [6.07, 6.45) is -2.09. The average molecular weight is 280 g/mol. The molecule has 1 unspecified atom stereocenters. The molecule has 0 amide bonds. The van der Waals surface area contributed by atoms with Gasteiger partial charge in [0.15, 0.2) is 11.5 Å². The van der Waals surface area contributed by atoms with Gasteiger partial charge in [-0.3, -0.25) is 0 Å². The lowest BCUT2D eigenvalue weighted by molar-refractivity contribution is -0.149. The number of phenolic OH excluding ortho intramolecular Hbond substituents is 2. The van der Waals surface area contributed by atoms with Crippen LogP contribution in [0.15, 0.2) is 18.2 Å². The number of halogens is 2. The van der Waals surface area contributed by atoms with Crippen molar-refractivity contribution in [1.82, 2.24) is 0 Å². The third-order valence-electron chi connectivity index (χ3n) is 2.23. The number of carbonyl (C=O) groups excluding carboxylic acids is 1. The van der Waals surface area contributed by atoms with Crippen LogP contribution in [-0.4, -0.2) is 29.0 Å². The highest BCUT2D eigenvalue weighted by Gasteiger charge is 2.30. The van der Waals surface area contributed by atoms with Crippen LogP contribution < -0.4 is 5.73 Å². The van der Waals surface area contributed by atoms with Crippen molar-refractivity contribution in [2.75, 3.05) is 6.61 Å². The number of ether oxygens (including phenoxy) is 1. The third kappa shape index (κ3) is 3.48. The summed E-state index contributed by atoms with van der Waals surface area (Å²) in [5, 5.41) is 18.7. The van der Waals surface area contributed by atoms with Gasteiger partial charge in [0.1, 0.15) is 0 Å². The van der Waals surface area contributed by atoms with Crippen molar-refractivity contribution in [2.45, 2.75) is 19.1 Å². The van der Waals surface area contributed by atoms with Crippen LogP contribution in [0, 0.1) is 0 Å². The van der Waals surface area contributed by atoms with Gasteiger partial charge in [-0.1, -0.05) is 12.1 Å². The van der Waals surface area contributed by atoms with E-state index in [0.717, 1.165) is 0 Å². The minimum absolute atomic E-state index is 0. The second-order valence-electron chi connectivity index (χ2n) is 3.39. The number of esters is 1. The van der Waals surface area contributed by atoms with Crippen LogP contribution >= 0.6 is 12.4 Å². The number of phenols is 2. The standard InChI is InChI=1S/C11H14FNO4.ClH/c1-2-17-11(16)8(12)9(13)6-4-3-5-7(14)10(6)15;/h3-5,8-9,14-15H,2,13H2,1H3;1H/t8?,9-;/m1./s1. The molecule has 4 N–H and O–H groups in total. The van der Waals surface area contributed by atoms with Crippen molar-refractivity contribution in [3.63, 3.8) is 0 Å². The average Bonchev–Trinajstić information content (AvgIpc) is 2.31. The number of nitrogens with two attached hydrogens (primary N) is 1. The van der Waals surface area contributed by atoms with Gasteiger partial charge in [0.25, 0.3) is 0 Å². The molecule has 2 atom stereocenters. The Morgan fingerprint density at radius 3 is 2.67 bits per heavy atom. The fraction of sp³-hybridized carbons (Fsp3) is 0.364. The monoisotopic (exact) mass is 279 g/mol. The lowest BCUT2D eigenvalue weighted by Crippen LogP contribution is -2.31. The fourth-order valence-corrected chi connectivity index (χ4v) is 1.34. The number of benzene rings is 1. The second kappa shape index (κ2) is 7.03. The highest BCUT2D eigenvalue weighted by Crippen LogP contribution is 2.33. The van der Waals surface area contributed by atoms with Gasteiger partial charge in [0.05, 0.1) is 12.6 Å². The van der Waals surface area contributed by atoms with Gasteiger partial charge < -0.3 is 20.7 Å². The van der Waals surface area contributed by atoms with Gasteiger partial charge in [-0.2, -0.15) is 0 Å². The molecule has 18 heavy (non-hydrogen) atoms. The molecule has 0 radical (unpaired) electrons. The van der Waals surface area contributed by atoms with Crippen molar-refractivity contribution < 1.29 is 24.1 Å². The Morgan fingerprint density at radius 1 is 1.50 bits per heavy atom. The Morgan fingerprint density at radius 2 is 2.11 bits per heavy atom. The van der Waals surface area contributed by atoms with E-state index in [2.05, 4.69) is 4.74 Å². The van der Waals surface area contributed by atoms with Crippen molar-refractivity contribution in [3.05, 3.63) is 23.8 Å². The van der Waals surface area contributed by atoms with Crippen molar-refractivity contribution >= 4 is 18.4 Å². The fourth-order valence-electron chi connectivity index (χ4n) is 1.34. The maximum atomic E-state index is 13.6. The molecule has 0 heterocycles. The highest BCUT2D eigenvalue weighted by atomic mass is 35.5. The van der Waals surface area contributed by atoms with E-state index in [9.17, 15) is 19.4 Å². The van der Waals surface area contributed by atoms with Gasteiger partial charge in [-0.15, -0.1) is 12.4 Å². The summed E-state index contributed by atoms with van der Waals surface area (Å²) in [6, 6.07) is 2.55. The van der Waals surface area contributed by atoms with Crippen LogP contribution in [0.25, 0.3) is 0 Å². The lowest BCUT2D eigenvalue weighted by Gasteiger charge is -2.17. The number of rotatable bonds is 4. The number of hydrogen-bond donors (Lipinski definition) is 3. The van der Waals surface area contributed by atoms with E-state index in [-0.39, 0.29) is 24.6 Å². The molecule has 0 saturated carbocycles. The predicted octanol–water partition coefficient (Wildman–Crippen LogP) is 1.42. The van der Waals surface area contributed by atoms with Crippen molar-refractivity contribution in [2.24, 2.45) is 5.73 Å². The molecule has 0 fully saturated rings. The molecule has 0 aliphatic rings. The third-order valence-corrected chi connectivity index (χ3v) is 2.23. The number of carbonyl (C=O) groups is 1. The molecule has 0 aromatic heterocycles. The summed E-state index contributed by atoms with van der Waals surface area (Å²) in [5.74, 6) is -2.05. The summed E-state index contributed by atoms with van der Waals surface area (Å²) < 4.78 is 18.1. The van der Waals surface area contributed by atoms with Gasteiger partial charge in [-0.05, 0) is 13.0 Å². The van der Waals surface area contributed by atoms with Crippen LogP contribution in [0.4, 0.5) is 4.39 Å². The zero-order valence-electron chi connectivity index (χ0n) is 9.67. The van der Waals surface area contributed by atoms with E-state index < -0.39 is 29.7 Å². The largest absolute Gasteiger partial charge is 0.504 e. The highest BCUT2D eigenvalue weighted by molar-refractivity contribution is 5.85.